The summed E-state index contributed by atoms with van der Waals surface area (Å²) in [6.07, 6.45) is 3.84. The van der Waals surface area contributed by atoms with E-state index in [9.17, 15) is 15.0 Å². The van der Waals surface area contributed by atoms with E-state index in [1.165, 1.54) is 11.1 Å². The molecule has 1 aromatic carbocycles. The Labute approximate surface area is 125 Å². The Kier molecular flexibility index (Phi) is 2.74. The Morgan fingerprint density at radius 1 is 1.29 bits per heavy atom. The zero-order valence-corrected chi connectivity index (χ0v) is 12.4. The maximum Gasteiger partial charge on any atom is 0.167 e. The van der Waals surface area contributed by atoms with Crippen molar-refractivity contribution in [2.45, 2.75) is 51.0 Å². The van der Waals surface area contributed by atoms with Crippen LogP contribution in [0.2, 0.25) is 0 Å². The van der Waals surface area contributed by atoms with Gasteiger partial charge in [-0.15, -0.1) is 0 Å². The number of rotatable bonds is 0. The van der Waals surface area contributed by atoms with E-state index in [0.29, 0.717) is 29.9 Å². The maximum absolute atomic E-state index is 12.3. The Morgan fingerprint density at radius 2 is 2.10 bits per heavy atom. The number of fused-ring (bicyclic) bond motifs is 5. The molecule has 0 radical (unpaired) electrons. The molecule has 0 spiro atoms. The van der Waals surface area contributed by atoms with Gasteiger partial charge in [0.15, 0.2) is 5.78 Å². The van der Waals surface area contributed by atoms with Crippen LogP contribution in [-0.2, 0) is 11.2 Å². The molecule has 1 aromatic rings. The first-order valence-electron chi connectivity index (χ1n) is 8.05. The Bertz CT molecular complexity index is 608. The zero-order chi connectivity index (χ0) is 14.8. The average molecular weight is 286 g/mol. The van der Waals surface area contributed by atoms with Gasteiger partial charge in [-0.05, 0) is 73.1 Å². The predicted molar refractivity (Wildman–Crippen MR) is 79.1 cm³/mol. The third-order valence-electron chi connectivity index (χ3n) is 6.44. The van der Waals surface area contributed by atoms with E-state index in [2.05, 4.69) is 13.0 Å². The molecule has 2 fully saturated rings. The Hall–Kier alpha value is -1.35. The third-order valence-corrected chi connectivity index (χ3v) is 6.44. The number of hydrogen-bond donors (Lipinski definition) is 2. The van der Waals surface area contributed by atoms with E-state index in [-0.39, 0.29) is 11.2 Å². The molecule has 0 amide bonds. The molecule has 3 nitrogen and oxygen atoms in total. The van der Waals surface area contributed by atoms with Crippen molar-refractivity contribution in [3.05, 3.63) is 29.3 Å². The van der Waals surface area contributed by atoms with Gasteiger partial charge < -0.3 is 10.2 Å². The van der Waals surface area contributed by atoms with Gasteiger partial charge in [-0.3, -0.25) is 4.79 Å². The summed E-state index contributed by atoms with van der Waals surface area (Å²) < 4.78 is 0. The number of benzene rings is 1. The van der Waals surface area contributed by atoms with E-state index >= 15 is 0 Å². The monoisotopic (exact) mass is 286 g/mol. The normalized spacial score (nSPS) is 41.3. The molecule has 0 saturated heterocycles. The molecule has 112 valence electrons. The van der Waals surface area contributed by atoms with Crippen molar-refractivity contribution < 1.29 is 15.0 Å². The third kappa shape index (κ3) is 1.73. The summed E-state index contributed by atoms with van der Waals surface area (Å²) >= 11 is 0. The predicted octanol–water partition coefficient (Wildman–Crippen LogP) is 2.79. The smallest absolute Gasteiger partial charge is 0.167 e. The van der Waals surface area contributed by atoms with E-state index < -0.39 is 6.10 Å². The van der Waals surface area contributed by atoms with Crippen LogP contribution in [-0.4, -0.2) is 22.1 Å². The van der Waals surface area contributed by atoms with Gasteiger partial charge in [0.05, 0.1) is 0 Å². The highest BCUT2D eigenvalue weighted by atomic mass is 16.3. The molecular weight excluding hydrogens is 264 g/mol. The van der Waals surface area contributed by atoms with Crippen molar-refractivity contribution in [3.8, 4) is 5.75 Å². The van der Waals surface area contributed by atoms with Gasteiger partial charge in [0.1, 0.15) is 11.9 Å². The number of aryl methyl sites for hydroxylation is 1. The van der Waals surface area contributed by atoms with Crippen molar-refractivity contribution >= 4 is 5.78 Å². The first-order valence-corrected chi connectivity index (χ1v) is 8.05. The molecule has 0 aliphatic heterocycles. The second-order valence-corrected chi connectivity index (χ2v) is 7.37. The molecule has 3 aliphatic carbocycles. The maximum atomic E-state index is 12.3. The molecule has 2 saturated carbocycles. The van der Waals surface area contributed by atoms with Crippen molar-refractivity contribution in [2.75, 3.05) is 0 Å². The number of phenols is 1. The lowest BCUT2D eigenvalue weighted by Gasteiger charge is -2.48. The summed E-state index contributed by atoms with van der Waals surface area (Å²) in [6.45, 7) is 2.07. The molecule has 3 heteroatoms. The van der Waals surface area contributed by atoms with Crippen molar-refractivity contribution in [1.29, 1.82) is 0 Å². The van der Waals surface area contributed by atoms with Gasteiger partial charge in [0.25, 0.3) is 0 Å². The number of ketones is 1. The topological polar surface area (TPSA) is 57.5 Å². The summed E-state index contributed by atoms with van der Waals surface area (Å²) in [4.78, 5) is 12.3. The summed E-state index contributed by atoms with van der Waals surface area (Å²) in [7, 11) is 0. The summed E-state index contributed by atoms with van der Waals surface area (Å²) in [6, 6.07) is 5.75. The van der Waals surface area contributed by atoms with Crippen LogP contribution in [0.5, 0.6) is 5.75 Å². The van der Waals surface area contributed by atoms with Crippen LogP contribution in [0.4, 0.5) is 0 Å². The van der Waals surface area contributed by atoms with Crippen LogP contribution in [0.25, 0.3) is 0 Å². The number of carbonyl (C=O) groups excluding carboxylic acids is 1. The van der Waals surface area contributed by atoms with Crippen LogP contribution in [0.1, 0.15) is 49.7 Å². The van der Waals surface area contributed by atoms with Gasteiger partial charge in [-0.2, -0.15) is 0 Å². The first kappa shape index (κ1) is 13.3. The number of aliphatic hydroxyl groups excluding tert-OH is 1. The van der Waals surface area contributed by atoms with E-state index in [1.54, 1.807) is 6.07 Å². The quantitative estimate of drug-likeness (QED) is 0.771. The van der Waals surface area contributed by atoms with Crippen LogP contribution in [0.15, 0.2) is 18.2 Å². The highest BCUT2D eigenvalue weighted by molar-refractivity contribution is 5.91. The average Bonchev–Trinajstić information content (AvgIpc) is 2.70. The molecule has 4 unspecified atom stereocenters. The highest BCUT2D eigenvalue weighted by Gasteiger charge is 2.57. The lowest BCUT2D eigenvalue weighted by atomic mass is 9.55. The summed E-state index contributed by atoms with van der Waals surface area (Å²) in [5, 5.41) is 19.7. The van der Waals surface area contributed by atoms with Gasteiger partial charge in [0.2, 0.25) is 0 Å². The van der Waals surface area contributed by atoms with Gasteiger partial charge >= 0.3 is 0 Å². The summed E-state index contributed by atoms with van der Waals surface area (Å²) in [5.41, 5.74) is 2.32. The number of aliphatic hydroxyl groups is 1. The van der Waals surface area contributed by atoms with E-state index in [0.717, 1.165) is 25.7 Å². The van der Waals surface area contributed by atoms with E-state index in [1.807, 2.05) is 6.07 Å². The lowest BCUT2D eigenvalue weighted by Crippen LogP contribution is -2.42. The largest absolute Gasteiger partial charge is 0.508 e. The first-order chi connectivity index (χ1) is 10.0. The second kappa shape index (κ2) is 4.33. The fraction of sp³-hybridized carbons (Fsp3) is 0.611. The van der Waals surface area contributed by atoms with Crippen molar-refractivity contribution in [2.24, 2.45) is 17.3 Å². The molecule has 0 aromatic heterocycles. The number of hydrogen-bond acceptors (Lipinski definition) is 3. The molecule has 0 bridgehead atoms. The SMILES string of the molecule is CC12CCC3c4ccc(O)cc4CCC3C1C[C@H](O)C2=O. The number of carbonyl (C=O) groups is 1. The standard InChI is InChI=1S/C18H22O3/c1-18-7-6-13-12-5-3-11(19)8-10(12)2-4-14(13)15(18)9-16(20)17(18)21/h3,5,8,13-16,19-20H,2,4,6-7,9H2,1H3/t13?,14?,15?,16-,18?/m0/s1. The molecule has 3 aliphatic rings. The van der Waals surface area contributed by atoms with Gasteiger partial charge in [-0.1, -0.05) is 13.0 Å². The molecule has 21 heavy (non-hydrogen) atoms. The van der Waals surface area contributed by atoms with Crippen LogP contribution < -0.4 is 0 Å². The number of aromatic hydroxyl groups is 1. The Balaban J connectivity index is 1.73. The number of phenolic OH excluding ortho intramolecular Hbond substituents is 1. The molecule has 0 heterocycles. The van der Waals surface area contributed by atoms with Crippen LogP contribution in [0.3, 0.4) is 0 Å². The molecular formula is C18H22O3. The highest BCUT2D eigenvalue weighted by Crippen LogP contribution is 2.59. The second-order valence-electron chi connectivity index (χ2n) is 7.37. The fourth-order valence-corrected chi connectivity index (χ4v) is 5.36. The minimum Gasteiger partial charge on any atom is -0.508 e. The number of Topliss-reactive ketones (excluding diaryl/α,β-unsaturated/α-hetero) is 1. The zero-order valence-electron chi connectivity index (χ0n) is 12.4. The van der Waals surface area contributed by atoms with Gasteiger partial charge in [-0.25, -0.2) is 0 Å². The Morgan fingerprint density at radius 3 is 2.90 bits per heavy atom. The molecule has 4 rings (SSSR count). The lowest BCUT2D eigenvalue weighted by molar-refractivity contribution is -0.134. The fourth-order valence-electron chi connectivity index (χ4n) is 5.36. The molecule has 2 N–H and O–H groups in total. The molecule has 5 atom stereocenters. The van der Waals surface area contributed by atoms with E-state index in [4.69, 9.17) is 0 Å². The van der Waals surface area contributed by atoms with Crippen molar-refractivity contribution in [3.63, 3.8) is 0 Å². The van der Waals surface area contributed by atoms with Gasteiger partial charge in [0, 0.05) is 5.41 Å². The summed E-state index contributed by atoms with van der Waals surface area (Å²) in [5.74, 6) is 1.73. The van der Waals surface area contributed by atoms with Crippen LogP contribution in [0, 0.1) is 17.3 Å². The van der Waals surface area contributed by atoms with Crippen LogP contribution >= 0.6 is 0 Å². The minimum atomic E-state index is -0.750. The van der Waals surface area contributed by atoms with Crippen molar-refractivity contribution in [1.82, 2.24) is 0 Å². The minimum absolute atomic E-state index is 0.0717.